The van der Waals surface area contributed by atoms with Crippen molar-refractivity contribution >= 4 is 17.9 Å². The van der Waals surface area contributed by atoms with Crippen molar-refractivity contribution in [1.29, 1.82) is 0 Å². The van der Waals surface area contributed by atoms with E-state index in [2.05, 4.69) is 15.5 Å². The number of urea groups is 1. The second-order valence-electron chi connectivity index (χ2n) is 7.03. The van der Waals surface area contributed by atoms with E-state index in [1.165, 1.54) is 7.11 Å². The first kappa shape index (κ1) is 20.5. The molecular formula is C22H25N3O4. The number of hydrogen-bond donors (Lipinski definition) is 2. The van der Waals surface area contributed by atoms with Crippen LogP contribution in [0.15, 0.2) is 54.6 Å². The van der Waals surface area contributed by atoms with Crippen LogP contribution < -0.4 is 10.6 Å². The zero-order valence-corrected chi connectivity index (χ0v) is 16.4. The van der Waals surface area contributed by atoms with Gasteiger partial charge in [-0.1, -0.05) is 30.3 Å². The van der Waals surface area contributed by atoms with E-state index in [0.717, 1.165) is 38.0 Å². The minimum Gasteiger partial charge on any atom is -0.465 e. The molecule has 7 heteroatoms. The molecule has 0 atom stereocenters. The van der Waals surface area contributed by atoms with Gasteiger partial charge in [0.15, 0.2) is 0 Å². The number of rotatable bonds is 5. The van der Waals surface area contributed by atoms with Crippen LogP contribution in [0.3, 0.4) is 0 Å². The van der Waals surface area contributed by atoms with Crippen LogP contribution >= 0.6 is 0 Å². The third-order valence-corrected chi connectivity index (χ3v) is 4.97. The first-order valence-corrected chi connectivity index (χ1v) is 9.61. The van der Waals surface area contributed by atoms with Gasteiger partial charge in [0.05, 0.1) is 12.7 Å². The number of hydrogen-bond acceptors (Lipinski definition) is 5. The van der Waals surface area contributed by atoms with Crippen LogP contribution in [0.1, 0.15) is 39.1 Å². The molecule has 2 N–H and O–H groups in total. The van der Waals surface area contributed by atoms with Gasteiger partial charge in [-0.3, -0.25) is 15.0 Å². The highest BCUT2D eigenvalue weighted by molar-refractivity contribution is 6.04. The molecule has 152 valence electrons. The van der Waals surface area contributed by atoms with Crippen LogP contribution in [0.2, 0.25) is 0 Å². The maximum atomic E-state index is 12.1. The largest absolute Gasteiger partial charge is 0.465 e. The molecule has 3 amide bonds. The van der Waals surface area contributed by atoms with Crippen LogP contribution in [-0.2, 0) is 11.3 Å². The van der Waals surface area contributed by atoms with Crippen molar-refractivity contribution in [3.8, 4) is 0 Å². The first-order valence-electron chi connectivity index (χ1n) is 9.61. The Morgan fingerprint density at radius 3 is 2.24 bits per heavy atom. The molecular weight excluding hydrogens is 370 g/mol. The van der Waals surface area contributed by atoms with Crippen molar-refractivity contribution in [2.24, 2.45) is 0 Å². The number of nitrogens with zero attached hydrogens (tertiary/aromatic N) is 1. The molecule has 0 aromatic heterocycles. The highest BCUT2D eigenvalue weighted by atomic mass is 16.5. The molecule has 3 rings (SSSR count). The van der Waals surface area contributed by atoms with E-state index in [1.807, 2.05) is 18.2 Å². The summed E-state index contributed by atoms with van der Waals surface area (Å²) in [4.78, 5) is 37.9. The Kier molecular flexibility index (Phi) is 6.97. The van der Waals surface area contributed by atoms with Gasteiger partial charge < -0.3 is 10.1 Å². The van der Waals surface area contributed by atoms with Crippen LogP contribution in [-0.4, -0.2) is 49.0 Å². The minimum atomic E-state index is -0.462. The summed E-state index contributed by atoms with van der Waals surface area (Å²) in [7, 11) is 1.37. The number of ether oxygens (including phenoxy) is 1. The summed E-state index contributed by atoms with van der Waals surface area (Å²) >= 11 is 0. The van der Waals surface area contributed by atoms with E-state index in [0.29, 0.717) is 11.1 Å². The Morgan fingerprint density at radius 2 is 1.62 bits per heavy atom. The Balaban J connectivity index is 1.41. The standard InChI is InChI=1S/C22H25N3O4/c1-29-21(27)18-9-7-16(8-10-18)15-25-13-11-19(12-14-25)23-22(28)24-20(26)17-5-3-2-4-6-17/h2-10,19H,11-15H2,1H3,(H2,23,24,26,28). The fourth-order valence-electron chi connectivity index (χ4n) is 3.34. The predicted octanol–water partition coefficient (Wildman–Crippen LogP) is 2.58. The fraction of sp³-hybridized carbons (Fsp3) is 0.318. The molecule has 0 bridgehead atoms. The lowest BCUT2D eigenvalue weighted by atomic mass is 10.0. The van der Waals surface area contributed by atoms with Gasteiger partial charge in [0, 0.05) is 31.2 Å². The summed E-state index contributed by atoms with van der Waals surface area (Å²) in [6.45, 7) is 2.47. The summed E-state index contributed by atoms with van der Waals surface area (Å²) in [5.41, 5.74) is 2.11. The molecule has 0 spiro atoms. The molecule has 0 radical (unpaired) electrons. The molecule has 0 saturated carbocycles. The number of imide groups is 1. The van der Waals surface area contributed by atoms with Crippen LogP contribution in [0.4, 0.5) is 4.79 Å². The topological polar surface area (TPSA) is 87.7 Å². The van der Waals surface area contributed by atoms with Gasteiger partial charge in [0.2, 0.25) is 0 Å². The van der Waals surface area contributed by atoms with Gasteiger partial charge >= 0.3 is 12.0 Å². The summed E-state index contributed by atoms with van der Waals surface area (Å²) in [6, 6.07) is 15.6. The van der Waals surface area contributed by atoms with E-state index in [9.17, 15) is 14.4 Å². The van der Waals surface area contributed by atoms with Crippen molar-refractivity contribution in [2.75, 3.05) is 20.2 Å². The van der Waals surface area contributed by atoms with Crippen molar-refractivity contribution in [3.05, 3.63) is 71.3 Å². The minimum absolute atomic E-state index is 0.0384. The summed E-state index contributed by atoms with van der Waals surface area (Å²) in [5.74, 6) is -0.747. The van der Waals surface area contributed by atoms with Crippen LogP contribution in [0, 0.1) is 0 Å². The third-order valence-electron chi connectivity index (χ3n) is 4.97. The fourth-order valence-corrected chi connectivity index (χ4v) is 3.34. The Hall–Kier alpha value is -3.19. The van der Waals surface area contributed by atoms with Crippen molar-refractivity contribution in [1.82, 2.24) is 15.5 Å². The molecule has 1 aliphatic heterocycles. The number of esters is 1. The SMILES string of the molecule is COC(=O)c1ccc(CN2CCC(NC(=O)NC(=O)c3ccccc3)CC2)cc1. The molecule has 2 aromatic rings. The second-order valence-corrected chi connectivity index (χ2v) is 7.03. The van der Waals surface area contributed by atoms with Crippen LogP contribution in [0.25, 0.3) is 0 Å². The average Bonchev–Trinajstić information content (AvgIpc) is 2.75. The Labute approximate surface area is 170 Å². The van der Waals surface area contributed by atoms with E-state index in [-0.39, 0.29) is 12.0 Å². The van der Waals surface area contributed by atoms with Crippen molar-refractivity contribution < 1.29 is 19.1 Å². The lowest BCUT2D eigenvalue weighted by Gasteiger charge is -2.32. The molecule has 1 heterocycles. The highest BCUT2D eigenvalue weighted by Gasteiger charge is 2.21. The van der Waals surface area contributed by atoms with E-state index in [4.69, 9.17) is 4.74 Å². The summed E-state index contributed by atoms with van der Waals surface area (Å²) < 4.78 is 4.71. The zero-order chi connectivity index (χ0) is 20.6. The molecule has 7 nitrogen and oxygen atoms in total. The van der Waals surface area contributed by atoms with Gasteiger partial charge in [-0.15, -0.1) is 0 Å². The zero-order valence-electron chi connectivity index (χ0n) is 16.4. The smallest absolute Gasteiger partial charge is 0.337 e. The molecule has 2 aromatic carbocycles. The van der Waals surface area contributed by atoms with Gasteiger partial charge in [0.1, 0.15) is 0 Å². The van der Waals surface area contributed by atoms with Gasteiger partial charge in [-0.05, 0) is 42.7 Å². The first-order chi connectivity index (χ1) is 14.0. The molecule has 1 fully saturated rings. The summed E-state index contributed by atoms with van der Waals surface area (Å²) in [6.07, 6.45) is 1.63. The number of benzene rings is 2. The van der Waals surface area contributed by atoms with Gasteiger partial charge in [-0.2, -0.15) is 0 Å². The number of nitrogens with one attached hydrogen (secondary N) is 2. The number of carbonyl (C=O) groups is 3. The van der Waals surface area contributed by atoms with Crippen molar-refractivity contribution in [2.45, 2.75) is 25.4 Å². The molecule has 1 aliphatic rings. The number of carbonyl (C=O) groups excluding carboxylic acids is 3. The highest BCUT2D eigenvalue weighted by Crippen LogP contribution is 2.15. The Morgan fingerprint density at radius 1 is 0.966 bits per heavy atom. The van der Waals surface area contributed by atoms with Gasteiger partial charge in [-0.25, -0.2) is 9.59 Å². The maximum Gasteiger partial charge on any atom is 0.337 e. The number of methoxy groups -OCH3 is 1. The molecule has 0 unspecified atom stereocenters. The number of likely N-dealkylation sites (tertiary alicyclic amines) is 1. The normalized spacial score (nSPS) is 14.8. The lowest BCUT2D eigenvalue weighted by Crippen LogP contribution is -2.49. The third kappa shape index (κ3) is 5.89. The second kappa shape index (κ2) is 9.84. The average molecular weight is 395 g/mol. The molecule has 1 saturated heterocycles. The molecule has 29 heavy (non-hydrogen) atoms. The monoisotopic (exact) mass is 395 g/mol. The van der Waals surface area contributed by atoms with E-state index < -0.39 is 11.9 Å². The summed E-state index contributed by atoms with van der Waals surface area (Å²) in [5, 5.41) is 5.25. The number of amides is 3. The van der Waals surface area contributed by atoms with Gasteiger partial charge in [0.25, 0.3) is 5.91 Å². The van der Waals surface area contributed by atoms with Crippen molar-refractivity contribution in [3.63, 3.8) is 0 Å². The quantitative estimate of drug-likeness (QED) is 0.760. The Bertz CT molecular complexity index is 844. The molecule has 0 aliphatic carbocycles. The van der Waals surface area contributed by atoms with Crippen LogP contribution in [0.5, 0.6) is 0 Å². The lowest BCUT2D eigenvalue weighted by molar-refractivity contribution is 0.0600. The predicted molar refractivity (Wildman–Crippen MR) is 109 cm³/mol. The maximum absolute atomic E-state index is 12.1. The van der Waals surface area contributed by atoms with E-state index in [1.54, 1.807) is 36.4 Å². The van der Waals surface area contributed by atoms with E-state index >= 15 is 0 Å². The number of piperidine rings is 1.